The smallest absolute Gasteiger partial charge is 0.223 e. The second kappa shape index (κ2) is 8.28. The molecule has 2 N–H and O–H groups in total. The van der Waals surface area contributed by atoms with Crippen molar-refractivity contribution in [3.05, 3.63) is 16.1 Å². The lowest BCUT2D eigenvalue weighted by atomic mass is 10.3. The lowest BCUT2D eigenvalue weighted by Gasteiger charge is -2.20. The van der Waals surface area contributed by atoms with Gasteiger partial charge in [0.2, 0.25) is 5.91 Å². The second-order valence-corrected chi connectivity index (χ2v) is 6.34. The van der Waals surface area contributed by atoms with Crippen molar-refractivity contribution in [3.8, 4) is 0 Å². The largest absolute Gasteiger partial charge is 0.393 e. The van der Waals surface area contributed by atoms with Crippen LogP contribution in [0.4, 0.5) is 0 Å². The van der Waals surface area contributed by atoms with E-state index < -0.39 is 0 Å². The third kappa shape index (κ3) is 5.94. The number of carbonyl (C=O) groups is 1. The molecule has 1 heterocycles. The summed E-state index contributed by atoms with van der Waals surface area (Å²) in [6, 6.07) is 0. The number of nitrogens with zero attached hydrogens (tertiary/aromatic N) is 3. The number of hydrogen-bond donors (Lipinski definition) is 1. The maximum absolute atomic E-state index is 11.9. The zero-order chi connectivity index (χ0) is 15.1. The van der Waals surface area contributed by atoms with Crippen LogP contribution in [0.25, 0.3) is 0 Å². The third-order valence-corrected chi connectivity index (χ3v) is 4.21. The second-order valence-electron chi connectivity index (χ2n) is 4.88. The van der Waals surface area contributed by atoms with Crippen molar-refractivity contribution in [1.82, 2.24) is 14.8 Å². The molecular weight excluding hydrogens is 292 g/mol. The Morgan fingerprint density at radius 2 is 2.10 bits per heavy atom. The van der Waals surface area contributed by atoms with Gasteiger partial charge in [0.05, 0.1) is 16.2 Å². The Bertz CT molecular complexity index is 461. The normalized spacial score (nSPS) is 10.8. The van der Waals surface area contributed by atoms with Gasteiger partial charge in [0.25, 0.3) is 0 Å². The fraction of sp³-hybridized carbons (Fsp3) is 0.615. The Kier molecular flexibility index (Phi) is 7.04. The van der Waals surface area contributed by atoms with Gasteiger partial charge in [-0.2, -0.15) is 0 Å². The van der Waals surface area contributed by atoms with E-state index in [4.69, 9.17) is 18.0 Å². The van der Waals surface area contributed by atoms with E-state index >= 15 is 0 Å². The predicted octanol–water partition coefficient (Wildman–Crippen LogP) is 1.41. The minimum atomic E-state index is 0.120. The Balaban J connectivity index is 2.29. The van der Waals surface area contributed by atoms with Crippen molar-refractivity contribution in [1.29, 1.82) is 0 Å². The molecule has 0 fully saturated rings. The molecule has 0 aromatic carbocycles. The highest BCUT2D eigenvalue weighted by atomic mass is 32.1. The van der Waals surface area contributed by atoms with Gasteiger partial charge in [0.15, 0.2) is 0 Å². The van der Waals surface area contributed by atoms with Gasteiger partial charge >= 0.3 is 0 Å². The molecule has 0 saturated heterocycles. The van der Waals surface area contributed by atoms with Crippen LogP contribution >= 0.6 is 23.6 Å². The van der Waals surface area contributed by atoms with Crippen molar-refractivity contribution in [2.45, 2.75) is 26.3 Å². The summed E-state index contributed by atoms with van der Waals surface area (Å²) < 4.78 is 0. The highest BCUT2D eigenvalue weighted by Crippen LogP contribution is 2.14. The molecule has 1 amide bonds. The number of thiocarbonyl (C=S) groups is 1. The summed E-state index contributed by atoms with van der Waals surface area (Å²) in [5.74, 6) is 0.120. The molecule has 112 valence electrons. The van der Waals surface area contributed by atoms with E-state index in [9.17, 15) is 4.79 Å². The molecule has 0 unspecified atom stereocenters. The van der Waals surface area contributed by atoms with Crippen LogP contribution in [-0.4, -0.2) is 52.9 Å². The number of thiazole rings is 1. The van der Waals surface area contributed by atoms with E-state index in [1.165, 1.54) is 4.88 Å². The summed E-state index contributed by atoms with van der Waals surface area (Å²) in [7, 11) is 3.80. The van der Waals surface area contributed by atoms with Gasteiger partial charge in [-0.15, -0.1) is 11.3 Å². The number of amides is 1. The minimum absolute atomic E-state index is 0.120. The molecule has 0 aliphatic rings. The number of rotatable bonds is 8. The Hall–Kier alpha value is -1.05. The molecule has 7 heteroatoms. The van der Waals surface area contributed by atoms with Crippen molar-refractivity contribution < 1.29 is 4.79 Å². The maximum atomic E-state index is 11.9. The number of carbonyl (C=O) groups excluding carboxylic acids is 1. The summed E-state index contributed by atoms with van der Waals surface area (Å²) in [5.41, 5.74) is 8.36. The van der Waals surface area contributed by atoms with Gasteiger partial charge in [0, 0.05) is 44.4 Å². The van der Waals surface area contributed by atoms with Crippen molar-refractivity contribution in [2.24, 2.45) is 5.73 Å². The van der Waals surface area contributed by atoms with E-state index in [2.05, 4.69) is 9.88 Å². The highest BCUT2D eigenvalue weighted by Gasteiger charge is 2.11. The first kappa shape index (κ1) is 17.0. The molecule has 0 saturated carbocycles. The van der Waals surface area contributed by atoms with Crippen LogP contribution in [0.2, 0.25) is 0 Å². The van der Waals surface area contributed by atoms with Crippen molar-refractivity contribution >= 4 is 34.5 Å². The van der Waals surface area contributed by atoms with Crippen LogP contribution in [0.5, 0.6) is 0 Å². The van der Waals surface area contributed by atoms with Crippen LogP contribution in [-0.2, 0) is 11.3 Å². The Morgan fingerprint density at radius 3 is 2.65 bits per heavy atom. The zero-order valence-corrected chi connectivity index (χ0v) is 13.9. The quantitative estimate of drug-likeness (QED) is 0.735. The molecule has 0 radical (unpaired) electrons. The lowest BCUT2D eigenvalue weighted by molar-refractivity contribution is -0.130. The molecule has 20 heavy (non-hydrogen) atoms. The minimum Gasteiger partial charge on any atom is -0.393 e. The monoisotopic (exact) mass is 314 g/mol. The predicted molar refractivity (Wildman–Crippen MR) is 86.8 cm³/mol. The van der Waals surface area contributed by atoms with E-state index in [1.807, 2.05) is 19.5 Å². The third-order valence-electron chi connectivity index (χ3n) is 3.09. The standard InChI is InChI=1S/C13H22N4OS2/c1-10-11(20-9-15-10)8-16(2)6-5-13(18)17(3)7-4-12(14)19/h9H,4-8H2,1-3H3,(H2,14,19). The first-order valence-electron chi connectivity index (χ1n) is 6.50. The fourth-order valence-electron chi connectivity index (χ4n) is 1.68. The molecule has 0 atom stereocenters. The molecular formula is C13H22N4OS2. The molecule has 0 spiro atoms. The molecule has 5 nitrogen and oxygen atoms in total. The summed E-state index contributed by atoms with van der Waals surface area (Å²) in [6.45, 7) is 4.16. The van der Waals surface area contributed by atoms with Gasteiger partial charge in [-0.05, 0) is 14.0 Å². The Morgan fingerprint density at radius 1 is 1.40 bits per heavy atom. The SMILES string of the molecule is Cc1ncsc1CN(C)CCC(=O)N(C)CCC(N)=S. The van der Waals surface area contributed by atoms with Gasteiger partial charge in [-0.1, -0.05) is 12.2 Å². The van der Waals surface area contributed by atoms with E-state index in [0.717, 1.165) is 18.8 Å². The number of nitrogens with two attached hydrogens (primary N) is 1. The highest BCUT2D eigenvalue weighted by molar-refractivity contribution is 7.80. The number of aryl methyl sites for hydroxylation is 1. The molecule has 0 aliphatic carbocycles. The van der Waals surface area contributed by atoms with Crippen molar-refractivity contribution in [2.75, 3.05) is 27.2 Å². The number of hydrogen-bond acceptors (Lipinski definition) is 5. The van der Waals surface area contributed by atoms with Crippen LogP contribution < -0.4 is 5.73 Å². The van der Waals surface area contributed by atoms with Crippen LogP contribution in [0, 0.1) is 6.92 Å². The van der Waals surface area contributed by atoms with E-state index in [0.29, 0.717) is 24.4 Å². The van der Waals surface area contributed by atoms with E-state index in [-0.39, 0.29) is 5.91 Å². The molecule has 0 bridgehead atoms. The summed E-state index contributed by atoms with van der Waals surface area (Å²) in [5, 5.41) is 0. The Labute approximate surface area is 129 Å². The maximum Gasteiger partial charge on any atom is 0.223 e. The average Bonchev–Trinajstić information content (AvgIpc) is 2.78. The first-order valence-corrected chi connectivity index (χ1v) is 7.78. The topological polar surface area (TPSA) is 62.5 Å². The molecule has 1 aromatic heterocycles. The van der Waals surface area contributed by atoms with Crippen LogP contribution in [0.3, 0.4) is 0 Å². The fourth-order valence-corrected chi connectivity index (χ4v) is 2.63. The zero-order valence-electron chi connectivity index (χ0n) is 12.3. The molecule has 1 aromatic rings. The number of aromatic nitrogens is 1. The van der Waals surface area contributed by atoms with Crippen LogP contribution in [0.15, 0.2) is 5.51 Å². The molecule has 1 rings (SSSR count). The first-order chi connectivity index (χ1) is 9.40. The van der Waals surface area contributed by atoms with Gasteiger partial charge < -0.3 is 15.5 Å². The summed E-state index contributed by atoms with van der Waals surface area (Å²) >= 11 is 6.46. The van der Waals surface area contributed by atoms with Gasteiger partial charge in [-0.25, -0.2) is 4.98 Å². The van der Waals surface area contributed by atoms with E-state index in [1.54, 1.807) is 23.3 Å². The molecule has 0 aliphatic heterocycles. The summed E-state index contributed by atoms with van der Waals surface area (Å²) in [6.07, 6.45) is 1.08. The van der Waals surface area contributed by atoms with Crippen LogP contribution in [0.1, 0.15) is 23.4 Å². The van der Waals surface area contributed by atoms with Gasteiger partial charge in [0.1, 0.15) is 0 Å². The average molecular weight is 314 g/mol. The van der Waals surface area contributed by atoms with Crippen molar-refractivity contribution in [3.63, 3.8) is 0 Å². The summed E-state index contributed by atoms with van der Waals surface area (Å²) in [4.78, 5) is 21.7. The lowest BCUT2D eigenvalue weighted by Crippen LogP contribution is -2.32. The van der Waals surface area contributed by atoms with Gasteiger partial charge in [-0.3, -0.25) is 4.79 Å².